The van der Waals surface area contributed by atoms with Gasteiger partial charge in [-0.25, -0.2) is 8.42 Å². The summed E-state index contributed by atoms with van der Waals surface area (Å²) in [6.45, 7) is 3.96. The van der Waals surface area contributed by atoms with Crippen LogP contribution in [0.5, 0.6) is 11.5 Å². The van der Waals surface area contributed by atoms with Gasteiger partial charge in [-0.3, -0.25) is 13.9 Å². The summed E-state index contributed by atoms with van der Waals surface area (Å²) in [6, 6.07) is 13.6. The average Bonchev–Trinajstić information content (AvgIpc) is 3.28. The van der Waals surface area contributed by atoms with Gasteiger partial charge in [0.1, 0.15) is 12.6 Å². The molecule has 0 unspecified atom stereocenters. The number of hydrogen-bond acceptors (Lipinski definition) is 6. The van der Waals surface area contributed by atoms with E-state index in [-0.39, 0.29) is 24.9 Å². The van der Waals surface area contributed by atoms with E-state index in [0.717, 1.165) is 16.1 Å². The topological polar surface area (TPSA) is 105 Å². The number of sulfonamides is 1. The molecule has 0 saturated heterocycles. The number of carbonyl (C=O) groups is 2. The van der Waals surface area contributed by atoms with E-state index >= 15 is 0 Å². The monoisotopic (exact) mass is 489 g/mol. The third kappa shape index (κ3) is 6.19. The van der Waals surface area contributed by atoms with Gasteiger partial charge in [0.15, 0.2) is 11.5 Å². The lowest BCUT2D eigenvalue weighted by molar-refractivity contribution is -0.139. The Kier molecular flexibility index (Phi) is 8.38. The number of rotatable bonds is 11. The van der Waals surface area contributed by atoms with E-state index in [0.29, 0.717) is 30.9 Å². The number of amides is 2. The molecule has 184 valence electrons. The maximum Gasteiger partial charge on any atom is 0.244 e. The molecule has 1 heterocycles. The van der Waals surface area contributed by atoms with Crippen LogP contribution in [0.4, 0.5) is 5.69 Å². The smallest absolute Gasteiger partial charge is 0.244 e. The molecule has 0 spiro atoms. The third-order valence-electron chi connectivity index (χ3n) is 5.54. The van der Waals surface area contributed by atoms with Crippen LogP contribution >= 0.6 is 0 Å². The molecule has 9 nitrogen and oxygen atoms in total. The third-order valence-corrected chi connectivity index (χ3v) is 6.69. The number of hydrogen-bond donors (Lipinski definition) is 1. The first-order chi connectivity index (χ1) is 16.2. The summed E-state index contributed by atoms with van der Waals surface area (Å²) in [7, 11) is -3.81. The normalized spacial score (nSPS) is 13.3. The standard InChI is InChI=1S/C24H31N3O6S/c1-4-20(24(29)25-5-2)26(14-13-18-9-7-6-8-10-18)23(28)16-27(34(3,30)31)19-11-12-21-22(15-19)33-17-32-21/h6-12,15,20H,4-5,13-14,16-17H2,1-3H3,(H,25,29)/t20-/m0/s1. The van der Waals surface area contributed by atoms with Crippen molar-refractivity contribution in [2.45, 2.75) is 32.7 Å². The molecule has 34 heavy (non-hydrogen) atoms. The quantitative estimate of drug-likeness (QED) is 0.519. The van der Waals surface area contributed by atoms with Gasteiger partial charge in [-0.1, -0.05) is 37.3 Å². The summed E-state index contributed by atoms with van der Waals surface area (Å²) < 4.78 is 37.0. The molecule has 2 aromatic carbocycles. The summed E-state index contributed by atoms with van der Waals surface area (Å²) in [6.07, 6.45) is 1.97. The first kappa shape index (κ1) is 25.4. The fourth-order valence-corrected chi connectivity index (χ4v) is 4.68. The fourth-order valence-electron chi connectivity index (χ4n) is 3.84. The van der Waals surface area contributed by atoms with Crippen molar-refractivity contribution in [2.75, 3.05) is 37.0 Å². The minimum atomic E-state index is -3.81. The Bertz CT molecular complexity index is 1110. The van der Waals surface area contributed by atoms with Crippen LogP contribution in [-0.2, 0) is 26.0 Å². The molecule has 1 N–H and O–H groups in total. The Hall–Kier alpha value is -3.27. The van der Waals surface area contributed by atoms with Crippen LogP contribution in [-0.4, -0.2) is 63.9 Å². The predicted octanol–water partition coefficient (Wildman–Crippen LogP) is 2.17. The van der Waals surface area contributed by atoms with Crippen LogP contribution in [0.3, 0.4) is 0 Å². The van der Waals surface area contributed by atoms with Gasteiger partial charge in [0, 0.05) is 19.2 Å². The second-order valence-electron chi connectivity index (χ2n) is 7.95. The summed E-state index contributed by atoms with van der Waals surface area (Å²) in [4.78, 5) is 27.7. The maximum atomic E-state index is 13.5. The second kappa shape index (κ2) is 11.2. The second-order valence-corrected chi connectivity index (χ2v) is 9.86. The molecule has 1 aliphatic heterocycles. The van der Waals surface area contributed by atoms with E-state index in [4.69, 9.17) is 9.47 Å². The van der Waals surface area contributed by atoms with Crippen LogP contribution in [0.1, 0.15) is 25.8 Å². The zero-order valence-corrected chi connectivity index (χ0v) is 20.5. The van der Waals surface area contributed by atoms with Gasteiger partial charge in [-0.05, 0) is 37.5 Å². The number of benzene rings is 2. The number of carbonyl (C=O) groups excluding carboxylic acids is 2. The lowest BCUT2D eigenvalue weighted by Gasteiger charge is -2.32. The molecule has 0 aliphatic carbocycles. The molecule has 2 aromatic rings. The van der Waals surface area contributed by atoms with E-state index in [1.807, 2.05) is 44.2 Å². The highest BCUT2D eigenvalue weighted by atomic mass is 32.2. The predicted molar refractivity (Wildman–Crippen MR) is 129 cm³/mol. The van der Waals surface area contributed by atoms with E-state index < -0.39 is 28.5 Å². The van der Waals surface area contributed by atoms with Crippen molar-refractivity contribution in [1.29, 1.82) is 0 Å². The number of nitrogens with one attached hydrogen (secondary N) is 1. The highest BCUT2D eigenvalue weighted by molar-refractivity contribution is 7.92. The minimum Gasteiger partial charge on any atom is -0.454 e. The lowest BCUT2D eigenvalue weighted by Crippen LogP contribution is -2.53. The van der Waals surface area contributed by atoms with Gasteiger partial charge in [-0.15, -0.1) is 0 Å². The van der Waals surface area contributed by atoms with E-state index in [9.17, 15) is 18.0 Å². The molecule has 0 bridgehead atoms. The summed E-state index contributed by atoms with van der Waals surface area (Å²) in [5, 5.41) is 2.78. The fraction of sp³-hybridized carbons (Fsp3) is 0.417. The molecule has 0 radical (unpaired) electrons. The van der Waals surface area contributed by atoms with Gasteiger partial charge in [0.05, 0.1) is 11.9 Å². The first-order valence-electron chi connectivity index (χ1n) is 11.2. The molecule has 0 saturated carbocycles. The van der Waals surface area contributed by atoms with Crippen molar-refractivity contribution in [3.8, 4) is 11.5 Å². The van der Waals surface area contributed by atoms with Crippen molar-refractivity contribution in [2.24, 2.45) is 0 Å². The van der Waals surface area contributed by atoms with Crippen molar-refractivity contribution in [3.05, 3.63) is 54.1 Å². The number of ether oxygens (including phenoxy) is 2. The Morgan fingerprint density at radius 2 is 1.76 bits per heavy atom. The van der Waals surface area contributed by atoms with E-state index in [2.05, 4.69) is 5.32 Å². The van der Waals surface area contributed by atoms with Gasteiger partial charge >= 0.3 is 0 Å². The Morgan fingerprint density at radius 3 is 2.41 bits per heavy atom. The molecule has 3 rings (SSSR count). The molecular weight excluding hydrogens is 458 g/mol. The van der Waals surface area contributed by atoms with E-state index in [1.165, 1.54) is 11.0 Å². The molecule has 1 aliphatic rings. The van der Waals surface area contributed by atoms with Crippen molar-refractivity contribution >= 4 is 27.5 Å². The largest absolute Gasteiger partial charge is 0.454 e. The Morgan fingerprint density at radius 1 is 1.06 bits per heavy atom. The van der Waals surface area contributed by atoms with Crippen LogP contribution in [0.15, 0.2) is 48.5 Å². The zero-order chi connectivity index (χ0) is 24.7. The van der Waals surface area contributed by atoms with Crippen LogP contribution in [0.2, 0.25) is 0 Å². The molecule has 0 fully saturated rings. The minimum absolute atomic E-state index is 0.0502. The van der Waals surface area contributed by atoms with Crippen LogP contribution in [0, 0.1) is 0 Å². The van der Waals surface area contributed by atoms with Gasteiger partial charge in [0.25, 0.3) is 0 Å². The highest BCUT2D eigenvalue weighted by Gasteiger charge is 2.31. The summed E-state index contributed by atoms with van der Waals surface area (Å²) in [5.41, 5.74) is 1.30. The molecule has 2 amide bonds. The van der Waals surface area contributed by atoms with Crippen molar-refractivity contribution in [1.82, 2.24) is 10.2 Å². The molecule has 1 atom stereocenters. The number of likely N-dealkylation sites (N-methyl/N-ethyl adjacent to an activating group) is 1. The SMILES string of the molecule is CCNC(=O)[C@H](CC)N(CCc1ccccc1)C(=O)CN(c1ccc2c(c1)OCO2)S(C)(=O)=O. The molecule has 10 heteroatoms. The Labute approximate surface area is 200 Å². The van der Waals surface area contributed by atoms with Crippen molar-refractivity contribution in [3.63, 3.8) is 0 Å². The lowest BCUT2D eigenvalue weighted by atomic mass is 10.1. The summed E-state index contributed by atoms with van der Waals surface area (Å²) >= 11 is 0. The highest BCUT2D eigenvalue weighted by Crippen LogP contribution is 2.36. The average molecular weight is 490 g/mol. The molecular formula is C24H31N3O6S. The zero-order valence-electron chi connectivity index (χ0n) is 19.7. The van der Waals surface area contributed by atoms with Gasteiger partial charge < -0.3 is 19.7 Å². The van der Waals surface area contributed by atoms with Crippen LogP contribution < -0.4 is 19.1 Å². The van der Waals surface area contributed by atoms with E-state index in [1.54, 1.807) is 12.1 Å². The van der Waals surface area contributed by atoms with Gasteiger partial charge in [-0.2, -0.15) is 0 Å². The van der Waals surface area contributed by atoms with Crippen LogP contribution in [0.25, 0.3) is 0 Å². The maximum absolute atomic E-state index is 13.5. The van der Waals surface area contributed by atoms with Gasteiger partial charge in [0.2, 0.25) is 28.6 Å². The summed E-state index contributed by atoms with van der Waals surface area (Å²) in [5.74, 6) is 0.195. The van der Waals surface area contributed by atoms with Crippen molar-refractivity contribution < 1.29 is 27.5 Å². The molecule has 0 aromatic heterocycles. The first-order valence-corrected chi connectivity index (χ1v) is 13.1. The Balaban J connectivity index is 1.88. The number of fused-ring (bicyclic) bond motifs is 1. The number of nitrogens with zero attached hydrogens (tertiary/aromatic N) is 2. The number of anilines is 1.